The Kier molecular flexibility index (Phi) is 2.04. The second-order valence-electron chi connectivity index (χ2n) is 5.75. The van der Waals surface area contributed by atoms with Crippen LogP contribution in [0.15, 0.2) is 12.3 Å². The first kappa shape index (κ1) is 10.9. The maximum Gasteiger partial charge on any atom is 0.292 e. The first-order chi connectivity index (χ1) is 7.91. The average Bonchev–Trinajstić information content (AvgIpc) is 3.06. The van der Waals surface area contributed by atoms with Gasteiger partial charge in [0, 0.05) is 35.3 Å². The van der Waals surface area contributed by atoms with Gasteiger partial charge in [0.2, 0.25) is 0 Å². The molecule has 0 atom stereocenters. The molecule has 0 radical (unpaired) electrons. The number of pyridine rings is 1. The van der Waals surface area contributed by atoms with Crippen LogP contribution >= 0.6 is 0 Å². The van der Waals surface area contributed by atoms with Crippen LogP contribution in [0.2, 0.25) is 0 Å². The molecule has 1 aliphatic carbocycles. The SMILES string of the molecule is CC1(C)CNc2cc(C(F)(F)C3CC3)ncc21. The van der Waals surface area contributed by atoms with E-state index in [0.717, 1.165) is 17.8 Å². The molecule has 0 amide bonds. The zero-order valence-corrected chi connectivity index (χ0v) is 10.1. The highest BCUT2D eigenvalue weighted by Crippen LogP contribution is 2.50. The number of hydrogen-bond donors (Lipinski definition) is 1. The van der Waals surface area contributed by atoms with Gasteiger partial charge in [-0.3, -0.25) is 4.98 Å². The molecule has 92 valence electrons. The zero-order chi connectivity index (χ0) is 12.3. The minimum absolute atomic E-state index is 0.0181. The predicted octanol–water partition coefficient (Wildman–Crippen LogP) is 3.29. The molecule has 1 saturated carbocycles. The van der Waals surface area contributed by atoms with Gasteiger partial charge in [0.15, 0.2) is 0 Å². The standard InChI is InChI=1S/C13H16F2N2/c1-12(2)7-17-10-5-11(16-6-9(10)12)13(14,15)8-3-4-8/h5-6,8,17H,3-4,7H2,1-2H3. The van der Waals surface area contributed by atoms with E-state index in [4.69, 9.17) is 0 Å². The Bertz CT molecular complexity index is 464. The molecule has 3 rings (SSSR count). The number of aromatic nitrogens is 1. The van der Waals surface area contributed by atoms with Gasteiger partial charge in [-0.25, -0.2) is 0 Å². The van der Waals surface area contributed by atoms with E-state index >= 15 is 0 Å². The van der Waals surface area contributed by atoms with Crippen molar-refractivity contribution in [3.05, 3.63) is 23.5 Å². The highest BCUT2D eigenvalue weighted by atomic mass is 19.3. The van der Waals surface area contributed by atoms with Crippen molar-refractivity contribution in [2.75, 3.05) is 11.9 Å². The van der Waals surface area contributed by atoms with Crippen LogP contribution in [-0.4, -0.2) is 11.5 Å². The molecular weight excluding hydrogens is 222 g/mol. The van der Waals surface area contributed by atoms with E-state index < -0.39 is 11.8 Å². The first-order valence-electron chi connectivity index (χ1n) is 6.04. The number of alkyl halides is 2. The maximum atomic E-state index is 13.9. The third-order valence-electron chi connectivity index (χ3n) is 3.79. The number of fused-ring (bicyclic) bond motifs is 1. The molecule has 0 bridgehead atoms. The van der Waals surface area contributed by atoms with Gasteiger partial charge < -0.3 is 5.32 Å². The van der Waals surface area contributed by atoms with Crippen molar-refractivity contribution in [2.24, 2.45) is 5.92 Å². The van der Waals surface area contributed by atoms with Crippen LogP contribution in [0, 0.1) is 5.92 Å². The van der Waals surface area contributed by atoms with Crippen LogP contribution in [-0.2, 0) is 11.3 Å². The van der Waals surface area contributed by atoms with Crippen LogP contribution in [0.3, 0.4) is 0 Å². The summed E-state index contributed by atoms with van der Waals surface area (Å²) in [5.74, 6) is -3.26. The fourth-order valence-electron chi connectivity index (χ4n) is 2.39. The quantitative estimate of drug-likeness (QED) is 0.855. The molecule has 1 N–H and O–H groups in total. The molecule has 2 nitrogen and oxygen atoms in total. The zero-order valence-electron chi connectivity index (χ0n) is 10.1. The van der Waals surface area contributed by atoms with Crippen molar-refractivity contribution in [2.45, 2.75) is 38.0 Å². The summed E-state index contributed by atoms with van der Waals surface area (Å²) in [7, 11) is 0. The fraction of sp³-hybridized carbons (Fsp3) is 0.615. The number of halogens is 2. The molecule has 4 heteroatoms. The van der Waals surface area contributed by atoms with E-state index in [1.165, 1.54) is 6.07 Å². The lowest BCUT2D eigenvalue weighted by Gasteiger charge is -2.18. The lowest BCUT2D eigenvalue weighted by Crippen LogP contribution is -2.20. The van der Waals surface area contributed by atoms with E-state index in [-0.39, 0.29) is 11.1 Å². The van der Waals surface area contributed by atoms with E-state index in [2.05, 4.69) is 24.1 Å². The number of nitrogens with one attached hydrogen (secondary N) is 1. The molecule has 0 aromatic carbocycles. The largest absolute Gasteiger partial charge is 0.384 e. The summed E-state index contributed by atoms with van der Waals surface area (Å²) in [4.78, 5) is 3.99. The molecule has 0 unspecified atom stereocenters. The summed E-state index contributed by atoms with van der Waals surface area (Å²) >= 11 is 0. The summed E-state index contributed by atoms with van der Waals surface area (Å²) in [6.07, 6.45) is 2.84. The molecule has 1 aromatic rings. The third kappa shape index (κ3) is 1.61. The van der Waals surface area contributed by atoms with Crippen molar-refractivity contribution >= 4 is 5.69 Å². The normalized spacial score (nSPS) is 22.1. The lowest BCUT2D eigenvalue weighted by molar-refractivity contribution is -0.0328. The molecule has 0 spiro atoms. The van der Waals surface area contributed by atoms with Crippen LogP contribution in [0.25, 0.3) is 0 Å². The Morgan fingerprint density at radius 2 is 2.12 bits per heavy atom. The van der Waals surface area contributed by atoms with Crippen molar-refractivity contribution in [3.8, 4) is 0 Å². The topological polar surface area (TPSA) is 24.9 Å². The summed E-state index contributed by atoms with van der Waals surface area (Å²) in [5, 5.41) is 3.19. The number of anilines is 1. The molecule has 1 aromatic heterocycles. The minimum Gasteiger partial charge on any atom is -0.384 e. The van der Waals surface area contributed by atoms with Crippen molar-refractivity contribution < 1.29 is 8.78 Å². The molecule has 1 aliphatic heterocycles. The van der Waals surface area contributed by atoms with Crippen LogP contribution in [0.4, 0.5) is 14.5 Å². The predicted molar refractivity (Wildman–Crippen MR) is 62.4 cm³/mol. The Hall–Kier alpha value is -1.19. The highest BCUT2D eigenvalue weighted by molar-refractivity contribution is 5.59. The Labute approximate surface area is 99.4 Å². The van der Waals surface area contributed by atoms with E-state index in [9.17, 15) is 8.78 Å². The van der Waals surface area contributed by atoms with Gasteiger partial charge in [-0.15, -0.1) is 0 Å². The Morgan fingerprint density at radius 3 is 2.76 bits per heavy atom. The Balaban J connectivity index is 2.00. The molecule has 17 heavy (non-hydrogen) atoms. The monoisotopic (exact) mass is 238 g/mol. The highest BCUT2D eigenvalue weighted by Gasteiger charge is 2.49. The summed E-state index contributed by atoms with van der Waals surface area (Å²) < 4.78 is 27.8. The maximum absolute atomic E-state index is 13.9. The van der Waals surface area contributed by atoms with Gasteiger partial charge in [-0.2, -0.15) is 8.78 Å². The molecule has 2 heterocycles. The Morgan fingerprint density at radius 1 is 1.41 bits per heavy atom. The lowest BCUT2D eigenvalue weighted by atomic mass is 9.88. The smallest absolute Gasteiger partial charge is 0.292 e. The van der Waals surface area contributed by atoms with Crippen LogP contribution in [0.5, 0.6) is 0 Å². The van der Waals surface area contributed by atoms with Crippen LogP contribution < -0.4 is 5.32 Å². The van der Waals surface area contributed by atoms with Crippen molar-refractivity contribution in [1.29, 1.82) is 0 Å². The van der Waals surface area contributed by atoms with Gasteiger partial charge in [0.1, 0.15) is 5.69 Å². The van der Waals surface area contributed by atoms with Crippen LogP contribution in [0.1, 0.15) is 37.9 Å². The van der Waals surface area contributed by atoms with E-state index in [1.807, 2.05) is 0 Å². The second-order valence-corrected chi connectivity index (χ2v) is 5.75. The van der Waals surface area contributed by atoms with Gasteiger partial charge in [-0.05, 0) is 18.9 Å². The molecule has 1 fully saturated rings. The summed E-state index contributed by atoms with van der Waals surface area (Å²) in [5.41, 5.74) is 1.76. The molecule has 2 aliphatic rings. The molecular formula is C13H16F2N2. The second kappa shape index (κ2) is 3.18. The van der Waals surface area contributed by atoms with Crippen molar-refractivity contribution in [1.82, 2.24) is 4.98 Å². The number of nitrogens with zero attached hydrogens (tertiary/aromatic N) is 1. The minimum atomic E-state index is -2.76. The molecule has 0 saturated heterocycles. The number of hydrogen-bond acceptors (Lipinski definition) is 2. The van der Waals surface area contributed by atoms with Crippen molar-refractivity contribution in [3.63, 3.8) is 0 Å². The summed E-state index contributed by atoms with van der Waals surface area (Å²) in [6, 6.07) is 1.53. The number of rotatable bonds is 2. The van der Waals surface area contributed by atoms with Gasteiger partial charge in [0.25, 0.3) is 5.92 Å². The fourth-order valence-corrected chi connectivity index (χ4v) is 2.39. The van der Waals surface area contributed by atoms with E-state index in [1.54, 1.807) is 6.20 Å². The van der Waals surface area contributed by atoms with E-state index in [0.29, 0.717) is 12.8 Å². The van der Waals surface area contributed by atoms with Gasteiger partial charge in [0.05, 0.1) is 0 Å². The third-order valence-corrected chi connectivity index (χ3v) is 3.79. The van der Waals surface area contributed by atoms with Gasteiger partial charge >= 0.3 is 0 Å². The summed E-state index contributed by atoms with van der Waals surface area (Å²) in [6.45, 7) is 4.96. The first-order valence-corrected chi connectivity index (χ1v) is 6.04. The van der Waals surface area contributed by atoms with Gasteiger partial charge in [-0.1, -0.05) is 13.8 Å². The average molecular weight is 238 g/mol.